The van der Waals surface area contributed by atoms with Gasteiger partial charge in [0.2, 0.25) is 5.16 Å². The number of aryl methyl sites for hydroxylation is 2. The molecule has 0 spiro atoms. The fourth-order valence-electron chi connectivity index (χ4n) is 2.95. The molecule has 29 heavy (non-hydrogen) atoms. The van der Waals surface area contributed by atoms with Crippen molar-refractivity contribution in [1.82, 2.24) is 19.6 Å². The summed E-state index contributed by atoms with van der Waals surface area (Å²) in [6.07, 6.45) is 0. The van der Waals surface area contributed by atoms with Crippen molar-refractivity contribution in [2.45, 2.75) is 24.8 Å². The molecule has 0 aliphatic heterocycles. The minimum absolute atomic E-state index is 0.167. The normalized spacial score (nSPS) is 11.0. The smallest absolute Gasteiger partial charge is 0.255 e. The van der Waals surface area contributed by atoms with Crippen LogP contribution >= 0.6 is 23.4 Å². The standard InChI is InChI=1S/C21H18ClN5OS/c1-13-11-14(2)27-20(23-13)25-21(26-27)29-12-15-5-3-4-6-18(15)19(28)24-17-9-7-16(22)8-10-17/h3-11H,12H2,1-2H3,(H,24,28). The third kappa shape index (κ3) is 4.41. The molecule has 2 aromatic heterocycles. The summed E-state index contributed by atoms with van der Waals surface area (Å²) in [6.45, 7) is 3.91. The quantitative estimate of drug-likeness (QED) is 0.460. The van der Waals surface area contributed by atoms with E-state index in [1.807, 2.05) is 44.2 Å². The number of thioether (sulfide) groups is 1. The number of carbonyl (C=O) groups excluding carboxylic acids is 1. The Morgan fingerprint density at radius 2 is 1.86 bits per heavy atom. The lowest BCUT2D eigenvalue weighted by Gasteiger charge is -2.09. The van der Waals surface area contributed by atoms with Gasteiger partial charge in [0.1, 0.15) is 0 Å². The number of rotatable bonds is 5. The number of amides is 1. The predicted octanol–water partition coefficient (Wildman–Crippen LogP) is 4.94. The molecule has 2 aromatic carbocycles. The number of fused-ring (bicyclic) bond motifs is 1. The van der Waals surface area contributed by atoms with Gasteiger partial charge in [0.05, 0.1) is 0 Å². The fraction of sp³-hybridized carbons (Fsp3) is 0.143. The van der Waals surface area contributed by atoms with E-state index in [2.05, 4.69) is 20.4 Å². The summed E-state index contributed by atoms with van der Waals surface area (Å²) < 4.78 is 1.73. The lowest BCUT2D eigenvalue weighted by atomic mass is 10.1. The van der Waals surface area contributed by atoms with E-state index in [4.69, 9.17) is 11.6 Å². The predicted molar refractivity (Wildman–Crippen MR) is 116 cm³/mol. The van der Waals surface area contributed by atoms with Crippen molar-refractivity contribution in [1.29, 1.82) is 0 Å². The van der Waals surface area contributed by atoms with Crippen LogP contribution in [-0.2, 0) is 5.75 Å². The second-order valence-electron chi connectivity index (χ2n) is 6.55. The number of carbonyl (C=O) groups is 1. The van der Waals surface area contributed by atoms with Crippen molar-refractivity contribution in [2.75, 3.05) is 5.32 Å². The first-order valence-corrected chi connectivity index (χ1v) is 10.3. The van der Waals surface area contributed by atoms with E-state index in [1.165, 1.54) is 11.8 Å². The van der Waals surface area contributed by atoms with Crippen molar-refractivity contribution < 1.29 is 4.79 Å². The molecule has 0 radical (unpaired) electrons. The summed E-state index contributed by atoms with van der Waals surface area (Å²) in [5, 5.41) is 8.67. The summed E-state index contributed by atoms with van der Waals surface area (Å²) in [5.41, 5.74) is 4.10. The highest BCUT2D eigenvalue weighted by atomic mass is 35.5. The minimum atomic E-state index is -0.167. The van der Waals surface area contributed by atoms with Crippen LogP contribution < -0.4 is 5.32 Å². The summed E-state index contributed by atoms with van der Waals surface area (Å²) >= 11 is 7.38. The monoisotopic (exact) mass is 423 g/mol. The highest BCUT2D eigenvalue weighted by molar-refractivity contribution is 7.98. The van der Waals surface area contributed by atoms with Crippen LogP contribution in [0.1, 0.15) is 27.3 Å². The summed E-state index contributed by atoms with van der Waals surface area (Å²) in [4.78, 5) is 21.7. The Labute approximate surface area is 177 Å². The van der Waals surface area contributed by atoms with E-state index in [9.17, 15) is 4.79 Å². The van der Waals surface area contributed by atoms with Crippen LogP contribution in [0.2, 0.25) is 5.02 Å². The molecule has 0 aliphatic rings. The number of nitrogens with one attached hydrogen (secondary N) is 1. The average Bonchev–Trinajstić information content (AvgIpc) is 3.11. The van der Waals surface area contributed by atoms with Gasteiger partial charge in [-0.1, -0.05) is 41.6 Å². The number of anilines is 1. The topological polar surface area (TPSA) is 72.2 Å². The van der Waals surface area contributed by atoms with E-state index in [0.29, 0.717) is 33.0 Å². The molecule has 6 nitrogen and oxygen atoms in total. The summed E-state index contributed by atoms with van der Waals surface area (Å²) in [7, 11) is 0. The summed E-state index contributed by atoms with van der Waals surface area (Å²) in [5.74, 6) is 0.984. The van der Waals surface area contributed by atoms with Crippen LogP contribution in [0.3, 0.4) is 0 Å². The molecule has 2 heterocycles. The van der Waals surface area contributed by atoms with E-state index in [1.54, 1.807) is 28.8 Å². The largest absolute Gasteiger partial charge is 0.322 e. The number of nitrogens with zero attached hydrogens (tertiary/aromatic N) is 4. The van der Waals surface area contributed by atoms with Crippen LogP contribution in [0.15, 0.2) is 59.8 Å². The molecule has 0 bridgehead atoms. The highest BCUT2D eigenvalue weighted by Gasteiger charge is 2.14. The summed E-state index contributed by atoms with van der Waals surface area (Å²) in [6, 6.07) is 16.5. The van der Waals surface area contributed by atoms with Crippen LogP contribution in [0.4, 0.5) is 5.69 Å². The third-order valence-corrected chi connectivity index (χ3v) is 5.46. The maximum absolute atomic E-state index is 12.8. The molecule has 1 N–H and O–H groups in total. The molecule has 0 fully saturated rings. The van der Waals surface area contributed by atoms with Gasteiger partial charge in [0, 0.05) is 33.4 Å². The Morgan fingerprint density at radius 3 is 2.66 bits per heavy atom. The van der Waals surface area contributed by atoms with Gasteiger partial charge in [-0.25, -0.2) is 9.50 Å². The van der Waals surface area contributed by atoms with Crippen molar-refractivity contribution in [2.24, 2.45) is 0 Å². The van der Waals surface area contributed by atoms with Gasteiger partial charge in [0.25, 0.3) is 11.7 Å². The van der Waals surface area contributed by atoms with Gasteiger partial charge in [-0.15, -0.1) is 5.10 Å². The second-order valence-corrected chi connectivity index (χ2v) is 7.93. The molecule has 0 atom stereocenters. The van der Waals surface area contributed by atoms with Gasteiger partial charge >= 0.3 is 0 Å². The molecular weight excluding hydrogens is 406 g/mol. The first-order valence-electron chi connectivity index (χ1n) is 8.98. The lowest BCUT2D eigenvalue weighted by molar-refractivity contribution is 0.102. The zero-order chi connectivity index (χ0) is 20.4. The van der Waals surface area contributed by atoms with Crippen molar-refractivity contribution in [3.8, 4) is 0 Å². The minimum Gasteiger partial charge on any atom is -0.322 e. The van der Waals surface area contributed by atoms with Gasteiger partial charge in [-0.2, -0.15) is 4.98 Å². The number of benzene rings is 2. The molecule has 8 heteroatoms. The molecular formula is C21H18ClN5OS. The third-order valence-electron chi connectivity index (χ3n) is 4.32. The molecule has 4 rings (SSSR count). The lowest BCUT2D eigenvalue weighted by Crippen LogP contribution is -2.13. The van der Waals surface area contributed by atoms with Crippen molar-refractivity contribution in [3.63, 3.8) is 0 Å². The van der Waals surface area contributed by atoms with Crippen LogP contribution in [-0.4, -0.2) is 25.5 Å². The fourth-order valence-corrected chi connectivity index (χ4v) is 3.90. The Hall–Kier alpha value is -2.90. The van der Waals surface area contributed by atoms with Gasteiger partial charge in [-0.3, -0.25) is 4.79 Å². The highest BCUT2D eigenvalue weighted by Crippen LogP contribution is 2.23. The zero-order valence-corrected chi connectivity index (χ0v) is 17.5. The van der Waals surface area contributed by atoms with E-state index in [-0.39, 0.29) is 5.91 Å². The van der Waals surface area contributed by atoms with Crippen molar-refractivity contribution in [3.05, 3.63) is 82.1 Å². The number of hydrogen-bond acceptors (Lipinski definition) is 5. The first-order chi connectivity index (χ1) is 14.0. The van der Waals surface area contributed by atoms with Crippen LogP contribution in [0.25, 0.3) is 5.78 Å². The molecule has 1 amide bonds. The van der Waals surface area contributed by atoms with Gasteiger partial charge in [0.15, 0.2) is 0 Å². The zero-order valence-electron chi connectivity index (χ0n) is 15.9. The van der Waals surface area contributed by atoms with E-state index < -0.39 is 0 Å². The van der Waals surface area contributed by atoms with Crippen LogP contribution in [0, 0.1) is 13.8 Å². The molecule has 0 saturated carbocycles. The second kappa shape index (κ2) is 8.23. The van der Waals surface area contributed by atoms with Gasteiger partial charge < -0.3 is 5.32 Å². The molecule has 0 saturated heterocycles. The Kier molecular flexibility index (Phi) is 5.51. The maximum atomic E-state index is 12.8. The van der Waals surface area contributed by atoms with Gasteiger partial charge in [-0.05, 0) is 55.8 Å². The number of halogens is 1. The Balaban J connectivity index is 1.52. The van der Waals surface area contributed by atoms with E-state index >= 15 is 0 Å². The number of aromatic nitrogens is 4. The Morgan fingerprint density at radius 1 is 1.10 bits per heavy atom. The molecule has 0 unspecified atom stereocenters. The maximum Gasteiger partial charge on any atom is 0.255 e. The average molecular weight is 424 g/mol. The first kappa shape index (κ1) is 19.4. The number of hydrogen-bond donors (Lipinski definition) is 1. The van der Waals surface area contributed by atoms with Crippen LogP contribution in [0.5, 0.6) is 0 Å². The Bertz CT molecular complexity index is 1190. The molecule has 4 aromatic rings. The van der Waals surface area contributed by atoms with E-state index in [0.717, 1.165) is 17.0 Å². The molecule has 0 aliphatic carbocycles. The van der Waals surface area contributed by atoms with Crippen molar-refractivity contribution >= 4 is 40.7 Å². The SMILES string of the molecule is Cc1cc(C)n2nc(SCc3ccccc3C(=O)Nc3ccc(Cl)cc3)nc2n1. The molecule has 146 valence electrons.